The maximum Gasteiger partial charge on any atom is 0.231 e. The van der Waals surface area contributed by atoms with Crippen LogP contribution in [0, 0.1) is 6.92 Å². The Morgan fingerprint density at radius 3 is 2.73 bits per heavy atom. The molecule has 0 fully saturated rings. The van der Waals surface area contributed by atoms with E-state index in [2.05, 4.69) is 4.90 Å². The molecule has 6 heteroatoms. The van der Waals surface area contributed by atoms with Gasteiger partial charge in [0, 0.05) is 37.9 Å². The molecule has 2 aliphatic rings. The number of Topliss-reactive ketones (excluding diaryl/α,β-unsaturated/α-hetero) is 1. The van der Waals surface area contributed by atoms with Crippen molar-refractivity contribution in [2.24, 2.45) is 0 Å². The number of ether oxygens (including phenoxy) is 4. The molecule has 2 aliphatic heterocycles. The van der Waals surface area contributed by atoms with Gasteiger partial charge in [0.05, 0.1) is 12.2 Å². The van der Waals surface area contributed by atoms with Crippen LogP contribution in [-0.4, -0.2) is 44.3 Å². The Kier molecular flexibility index (Phi) is 6.06. The fourth-order valence-electron chi connectivity index (χ4n) is 3.85. The summed E-state index contributed by atoms with van der Waals surface area (Å²) >= 11 is 0. The molecule has 0 unspecified atom stereocenters. The molecular weight excluding hydrogens is 382 g/mol. The Balaban J connectivity index is 1.55. The highest BCUT2D eigenvalue weighted by atomic mass is 16.5. The van der Waals surface area contributed by atoms with Crippen LogP contribution in [-0.2, 0) is 11.3 Å². The second-order valence-corrected chi connectivity index (χ2v) is 7.48. The van der Waals surface area contributed by atoms with Crippen molar-refractivity contribution in [1.82, 2.24) is 4.90 Å². The average molecular weight is 409 g/mol. The van der Waals surface area contributed by atoms with E-state index in [-0.39, 0.29) is 5.78 Å². The number of allylic oxidation sites excluding steroid dienone is 1. The van der Waals surface area contributed by atoms with E-state index in [9.17, 15) is 4.79 Å². The summed E-state index contributed by atoms with van der Waals surface area (Å²) in [4.78, 5) is 15.2. The second kappa shape index (κ2) is 8.90. The molecular formula is C24H27NO5. The van der Waals surface area contributed by atoms with Crippen LogP contribution in [0.3, 0.4) is 0 Å². The van der Waals surface area contributed by atoms with Gasteiger partial charge in [-0.1, -0.05) is 12.1 Å². The standard InChI is InChI=1S/C24H27NO5/c1-4-28-19-8-6-17(7-9-19)12-21-22(26)20-13-18-14-25(10-5-11-27-3)15-29-23(18)16(2)24(20)30-21/h6-9,12-13H,4-5,10-11,14-15H2,1-3H3/b21-12-. The lowest BCUT2D eigenvalue weighted by atomic mass is 10.00. The van der Waals surface area contributed by atoms with E-state index in [0.717, 1.165) is 54.3 Å². The smallest absolute Gasteiger partial charge is 0.231 e. The SMILES string of the molecule is CCOc1ccc(/C=C2\Oc3c(cc4c(c3C)OCN(CCCOC)C4)C2=O)cc1. The summed E-state index contributed by atoms with van der Waals surface area (Å²) in [7, 11) is 1.71. The van der Waals surface area contributed by atoms with E-state index >= 15 is 0 Å². The first kappa shape index (κ1) is 20.4. The molecule has 0 aliphatic carbocycles. The first-order valence-electron chi connectivity index (χ1n) is 10.3. The quantitative estimate of drug-likeness (QED) is 0.505. The van der Waals surface area contributed by atoms with Crippen molar-refractivity contribution in [2.75, 3.05) is 33.6 Å². The van der Waals surface area contributed by atoms with Gasteiger partial charge in [0.1, 0.15) is 24.0 Å². The van der Waals surface area contributed by atoms with Crippen molar-refractivity contribution < 1.29 is 23.7 Å². The largest absolute Gasteiger partial charge is 0.494 e. The van der Waals surface area contributed by atoms with Gasteiger partial charge in [-0.3, -0.25) is 9.69 Å². The average Bonchev–Trinajstić information content (AvgIpc) is 3.06. The highest BCUT2D eigenvalue weighted by Crippen LogP contribution is 2.43. The Labute approximate surface area is 177 Å². The fraction of sp³-hybridized carbons (Fsp3) is 0.375. The van der Waals surface area contributed by atoms with Gasteiger partial charge in [-0.05, 0) is 50.1 Å². The highest BCUT2D eigenvalue weighted by Gasteiger charge is 2.33. The highest BCUT2D eigenvalue weighted by molar-refractivity contribution is 6.15. The zero-order valence-corrected chi connectivity index (χ0v) is 17.7. The lowest BCUT2D eigenvalue weighted by molar-refractivity contribution is 0.0826. The molecule has 0 atom stereocenters. The molecule has 0 amide bonds. The summed E-state index contributed by atoms with van der Waals surface area (Å²) in [6.45, 7) is 7.40. The van der Waals surface area contributed by atoms with Crippen LogP contribution in [0.5, 0.6) is 17.2 Å². The number of rotatable bonds is 7. The van der Waals surface area contributed by atoms with Gasteiger partial charge in [0.25, 0.3) is 0 Å². The topological polar surface area (TPSA) is 57.2 Å². The summed E-state index contributed by atoms with van der Waals surface area (Å²) in [5.41, 5.74) is 3.39. The molecule has 0 N–H and O–H groups in total. The Morgan fingerprint density at radius 2 is 2.00 bits per heavy atom. The summed E-state index contributed by atoms with van der Waals surface area (Å²) < 4.78 is 22.6. The Morgan fingerprint density at radius 1 is 1.20 bits per heavy atom. The minimum Gasteiger partial charge on any atom is -0.494 e. The summed E-state index contributed by atoms with van der Waals surface area (Å²) in [5.74, 6) is 2.46. The third-order valence-corrected chi connectivity index (χ3v) is 5.31. The summed E-state index contributed by atoms with van der Waals surface area (Å²) in [6, 6.07) is 9.52. The molecule has 0 saturated heterocycles. The minimum atomic E-state index is -0.0960. The number of benzene rings is 2. The molecule has 2 aromatic carbocycles. The Bertz CT molecular complexity index is 965. The number of carbonyl (C=O) groups is 1. The van der Waals surface area contributed by atoms with Crippen LogP contribution in [0.15, 0.2) is 36.1 Å². The van der Waals surface area contributed by atoms with Crippen LogP contribution < -0.4 is 14.2 Å². The number of fused-ring (bicyclic) bond motifs is 2. The predicted molar refractivity (Wildman–Crippen MR) is 114 cm³/mol. The van der Waals surface area contributed by atoms with E-state index in [1.807, 2.05) is 44.2 Å². The van der Waals surface area contributed by atoms with Crippen molar-refractivity contribution in [2.45, 2.75) is 26.8 Å². The lowest BCUT2D eigenvalue weighted by Gasteiger charge is -2.30. The van der Waals surface area contributed by atoms with Gasteiger partial charge < -0.3 is 18.9 Å². The van der Waals surface area contributed by atoms with Gasteiger partial charge in [-0.2, -0.15) is 0 Å². The summed E-state index contributed by atoms with van der Waals surface area (Å²) in [5, 5.41) is 0. The first-order valence-corrected chi connectivity index (χ1v) is 10.3. The van der Waals surface area contributed by atoms with Crippen molar-refractivity contribution in [3.8, 4) is 17.2 Å². The van der Waals surface area contributed by atoms with E-state index in [4.69, 9.17) is 18.9 Å². The first-order chi connectivity index (χ1) is 14.6. The number of methoxy groups -OCH3 is 1. The molecule has 0 aromatic heterocycles. The second-order valence-electron chi connectivity index (χ2n) is 7.48. The molecule has 2 heterocycles. The van der Waals surface area contributed by atoms with E-state index in [1.54, 1.807) is 13.2 Å². The molecule has 0 saturated carbocycles. The third kappa shape index (κ3) is 4.06. The number of carbonyl (C=O) groups excluding carboxylic acids is 1. The molecule has 2 aromatic rings. The van der Waals surface area contributed by atoms with Gasteiger partial charge in [-0.25, -0.2) is 0 Å². The number of hydrogen-bond donors (Lipinski definition) is 0. The van der Waals surface area contributed by atoms with Crippen LogP contribution in [0.2, 0.25) is 0 Å². The van der Waals surface area contributed by atoms with E-state index in [1.165, 1.54) is 0 Å². The fourth-order valence-corrected chi connectivity index (χ4v) is 3.85. The monoisotopic (exact) mass is 409 g/mol. The number of hydrogen-bond acceptors (Lipinski definition) is 6. The van der Waals surface area contributed by atoms with Crippen LogP contribution in [0.4, 0.5) is 0 Å². The van der Waals surface area contributed by atoms with Crippen molar-refractivity contribution >= 4 is 11.9 Å². The van der Waals surface area contributed by atoms with Gasteiger partial charge in [-0.15, -0.1) is 0 Å². The molecule has 4 rings (SSSR count). The van der Waals surface area contributed by atoms with Gasteiger partial charge in [0.2, 0.25) is 5.78 Å². The zero-order valence-electron chi connectivity index (χ0n) is 17.7. The number of ketones is 1. The van der Waals surface area contributed by atoms with Crippen molar-refractivity contribution in [3.63, 3.8) is 0 Å². The minimum absolute atomic E-state index is 0.0960. The van der Waals surface area contributed by atoms with E-state index in [0.29, 0.717) is 30.4 Å². The maximum absolute atomic E-state index is 13.0. The zero-order chi connectivity index (χ0) is 21.1. The van der Waals surface area contributed by atoms with Gasteiger partial charge >= 0.3 is 0 Å². The van der Waals surface area contributed by atoms with Crippen molar-refractivity contribution in [1.29, 1.82) is 0 Å². The molecule has 0 bridgehead atoms. The molecule has 30 heavy (non-hydrogen) atoms. The molecule has 0 spiro atoms. The maximum atomic E-state index is 13.0. The van der Waals surface area contributed by atoms with Crippen LogP contribution >= 0.6 is 0 Å². The predicted octanol–water partition coefficient (Wildman–Crippen LogP) is 4.20. The molecule has 6 nitrogen and oxygen atoms in total. The van der Waals surface area contributed by atoms with E-state index < -0.39 is 0 Å². The normalized spacial score (nSPS) is 16.8. The molecule has 0 radical (unpaired) electrons. The molecule has 158 valence electrons. The number of nitrogens with zero attached hydrogens (tertiary/aromatic N) is 1. The van der Waals surface area contributed by atoms with Crippen molar-refractivity contribution in [3.05, 3.63) is 58.3 Å². The third-order valence-electron chi connectivity index (χ3n) is 5.31. The van der Waals surface area contributed by atoms with Gasteiger partial charge in [0.15, 0.2) is 5.76 Å². The summed E-state index contributed by atoms with van der Waals surface area (Å²) in [6.07, 6.45) is 2.71. The van der Waals surface area contributed by atoms with Crippen LogP contribution in [0.1, 0.15) is 40.4 Å². The van der Waals surface area contributed by atoms with Crippen LogP contribution in [0.25, 0.3) is 6.08 Å². The lowest BCUT2D eigenvalue weighted by Crippen LogP contribution is -2.33. The Hall–Kier alpha value is -2.83.